The lowest BCUT2D eigenvalue weighted by atomic mass is 10.1. The number of anilines is 1. The van der Waals surface area contributed by atoms with Gasteiger partial charge in [0.15, 0.2) is 0 Å². The first-order valence-electron chi connectivity index (χ1n) is 7.15. The van der Waals surface area contributed by atoms with Crippen molar-refractivity contribution in [3.63, 3.8) is 0 Å². The Morgan fingerprint density at radius 1 is 1.13 bits per heavy atom. The first-order chi connectivity index (χ1) is 11.0. The van der Waals surface area contributed by atoms with Crippen molar-refractivity contribution < 1.29 is 13.7 Å². The van der Waals surface area contributed by atoms with Gasteiger partial charge in [-0.05, 0) is 38.1 Å². The van der Waals surface area contributed by atoms with Crippen molar-refractivity contribution in [1.82, 2.24) is 5.16 Å². The Balaban J connectivity index is 1.95. The fourth-order valence-corrected chi connectivity index (χ4v) is 2.30. The van der Waals surface area contributed by atoms with Gasteiger partial charge in [0.1, 0.15) is 22.8 Å². The molecule has 0 aliphatic carbocycles. The van der Waals surface area contributed by atoms with Crippen LogP contribution in [0.5, 0.6) is 0 Å². The van der Waals surface area contributed by atoms with E-state index in [0.29, 0.717) is 28.3 Å². The third-order valence-corrected chi connectivity index (χ3v) is 3.50. The second-order valence-electron chi connectivity index (χ2n) is 5.29. The number of carbonyl (C=O) groups is 1. The number of hydrogen-bond acceptors (Lipinski definition) is 3. The third-order valence-electron chi connectivity index (χ3n) is 3.50. The van der Waals surface area contributed by atoms with E-state index in [9.17, 15) is 9.18 Å². The predicted octanol–water partition coefficient (Wildman–Crippen LogP) is 4.35. The first kappa shape index (κ1) is 15.0. The average Bonchev–Trinajstić information content (AvgIpc) is 2.91. The summed E-state index contributed by atoms with van der Waals surface area (Å²) in [6, 6.07) is 13.4. The minimum Gasteiger partial charge on any atom is -0.360 e. The summed E-state index contributed by atoms with van der Waals surface area (Å²) >= 11 is 0. The quantitative estimate of drug-likeness (QED) is 0.782. The predicted molar refractivity (Wildman–Crippen MR) is 85.8 cm³/mol. The lowest BCUT2D eigenvalue weighted by Gasteiger charge is -2.06. The molecule has 3 rings (SSSR count). The standard InChI is InChI=1S/C18H15FN2O2/c1-11-6-8-15(9-7-11)20-18(22)16-12(2)23-21-17(16)13-4-3-5-14(19)10-13/h3-10H,1-2H3,(H,20,22). The highest BCUT2D eigenvalue weighted by atomic mass is 19.1. The molecule has 0 bridgehead atoms. The summed E-state index contributed by atoms with van der Waals surface area (Å²) in [6.45, 7) is 3.62. The van der Waals surface area contributed by atoms with Gasteiger partial charge in [-0.15, -0.1) is 0 Å². The van der Waals surface area contributed by atoms with Crippen molar-refractivity contribution >= 4 is 11.6 Å². The van der Waals surface area contributed by atoms with Crippen LogP contribution in [0.25, 0.3) is 11.3 Å². The number of hydrogen-bond donors (Lipinski definition) is 1. The third kappa shape index (κ3) is 3.13. The van der Waals surface area contributed by atoms with Gasteiger partial charge in [0.25, 0.3) is 5.91 Å². The number of aromatic nitrogens is 1. The molecule has 4 nitrogen and oxygen atoms in total. The lowest BCUT2D eigenvalue weighted by Crippen LogP contribution is -2.13. The minimum atomic E-state index is -0.395. The Bertz CT molecular complexity index is 854. The molecule has 0 saturated heterocycles. The number of halogens is 1. The van der Waals surface area contributed by atoms with E-state index in [1.54, 1.807) is 19.1 Å². The van der Waals surface area contributed by atoms with Crippen LogP contribution in [0.3, 0.4) is 0 Å². The second-order valence-corrected chi connectivity index (χ2v) is 5.29. The molecule has 5 heteroatoms. The Labute approximate surface area is 132 Å². The zero-order valence-electron chi connectivity index (χ0n) is 12.8. The molecular formula is C18H15FN2O2. The van der Waals surface area contributed by atoms with E-state index < -0.39 is 5.82 Å². The Morgan fingerprint density at radius 2 is 1.87 bits per heavy atom. The molecule has 1 N–H and O–H groups in total. The van der Waals surface area contributed by atoms with Crippen LogP contribution in [-0.4, -0.2) is 11.1 Å². The maximum Gasteiger partial charge on any atom is 0.261 e. The molecule has 0 aliphatic rings. The maximum absolute atomic E-state index is 13.4. The molecule has 0 aliphatic heterocycles. The van der Waals surface area contributed by atoms with Gasteiger partial charge >= 0.3 is 0 Å². The van der Waals surface area contributed by atoms with Crippen molar-refractivity contribution in [2.24, 2.45) is 0 Å². The van der Waals surface area contributed by atoms with Gasteiger partial charge in [0.05, 0.1) is 0 Å². The molecule has 0 unspecified atom stereocenters. The Hall–Kier alpha value is -2.95. The zero-order chi connectivity index (χ0) is 16.4. The van der Waals surface area contributed by atoms with Crippen molar-refractivity contribution in [3.05, 3.63) is 71.2 Å². The molecule has 1 amide bonds. The molecule has 0 atom stereocenters. The fourth-order valence-electron chi connectivity index (χ4n) is 2.30. The van der Waals surface area contributed by atoms with Crippen LogP contribution >= 0.6 is 0 Å². The largest absolute Gasteiger partial charge is 0.360 e. The van der Waals surface area contributed by atoms with Gasteiger partial charge in [-0.1, -0.05) is 35.0 Å². The van der Waals surface area contributed by atoms with Gasteiger partial charge < -0.3 is 9.84 Å². The normalized spacial score (nSPS) is 10.6. The molecule has 23 heavy (non-hydrogen) atoms. The number of rotatable bonds is 3. The molecule has 0 fully saturated rings. The highest BCUT2D eigenvalue weighted by molar-refractivity contribution is 6.08. The Morgan fingerprint density at radius 3 is 2.57 bits per heavy atom. The SMILES string of the molecule is Cc1ccc(NC(=O)c2c(-c3cccc(F)c3)noc2C)cc1. The minimum absolute atomic E-state index is 0.302. The highest BCUT2D eigenvalue weighted by Crippen LogP contribution is 2.26. The van der Waals surface area contributed by atoms with Gasteiger partial charge in [0, 0.05) is 11.3 Å². The van der Waals surface area contributed by atoms with Gasteiger partial charge in [-0.2, -0.15) is 0 Å². The summed E-state index contributed by atoms with van der Waals surface area (Å²) in [5.41, 5.74) is 2.90. The summed E-state index contributed by atoms with van der Waals surface area (Å²) < 4.78 is 18.6. The fraction of sp³-hybridized carbons (Fsp3) is 0.111. The number of aryl methyl sites for hydroxylation is 2. The molecule has 0 saturated carbocycles. The monoisotopic (exact) mass is 310 g/mol. The van der Waals surface area contributed by atoms with E-state index in [1.165, 1.54) is 12.1 Å². The van der Waals surface area contributed by atoms with E-state index in [4.69, 9.17) is 4.52 Å². The smallest absolute Gasteiger partial charge is 0.261 e. The Kier molecular flexibility index (Phi) is 3.93. The van der Waals surface area contributed by atoms with Crippen molar-refractivity contribution in [2.45, 2.75) is 13.8 Å². The van der Waals surface area contributed by atoms with Crippen molar-refractivity contribution in [2.75, 3.05) is 5.32 Å². The summed E-state index contributed by atoms with van der Waals surface area (Å²) in [5, 5.41) is 6.71. The summed E-state index contributed by atoms with van der Waals surface area (Å²) in [5.74, 6) is -0.353. The summed E-state index contributed by atoms with van der Waals surface area (Å²) in [4.78, 5) is 12.6. The van der Waals surface area contributed by atoms with Crippen LogP contribution in [0, 0.1) is 19.7 Å². The van der Waals surface area contributed by atoms with E-state index >= 15 is 0 Å². The van der Waals surface area contributed by atoms with E-state index in [2.05, 4.69) is 10.5 Å². The number of nitrogens with zero attached hydrogens (tertiary/aromatic N) is 1. The topological polar surface area (TPSA) is 55.1 Å². The van der Waals surface area contributed by atoms with Crippen molar-refractivity contribution in [1.29, 1.82) is 0 Å². The molecular weight excluding hydrogens is 295 g/mol. The van der Waals surface area contributed by atoms with Gasteiger partial charge in [-0.25, -0.2) is 4.39 Å². The van der Waals surface area contributed by atoms with E-state index in [-0.39, 0.29) is 5.91 Å². The van der Waals surface area contributed by atoms with Crippen LogP contribution in [0.15, 0.2) is 53.1 Å². The second kappa shape index (κ2) is 6.04. The maximum atomic E-state index is 13.4. The zero-order valence-corrected chi connectivity index (χ0v) is 12.8. The first-order valence-corrected chi connectivity index (χ1v) is 7.15. The number of nitrogens with one attached hydrogen (secondary N) is 1. The highest BCUT2D eigenvalue weighted by Gasteiger charge is 2.22. The van der Waals surface area contributed by atoms with Crippen LogP contribution in [0.1, 0.15) is 21.7 Å². The summed E-state index contributed by atoms with van der Waals surface area (Å²) in [6.07, 6.45) is 0. The van der Waals surface area contributed by atoms with Crippen LogP contribution in [0.4, 0.5) is 10.1 Å². The molecule has 0 spiro atoms. The molecule has 1 heterocycles. The molecule has 2 aromatic carbocycles. The van der Waals surface area contributed by atoms with Gasteiger partial charge in [0.2, 0.25) is 0 Å². The van der Waals surface area contributed by atoms with Crippen molar-refractivity contribution in [3.8, 4) is 11.3 Å². The van der Waals surface area contributed by atoms with Crippen LogP contribution < -0.4 is 5.32 Å². The summed E-state index contributed by atoms with van der Waals surface area (Å²) in [7, 11) is 0. The molecule has 1 aromatic heterocycles. The van der Waals surface area contributed by atoms with Gasteiger partial charge in [-0.3, -0.25) is 4.79 Å². The number of benzene rings is 2. The van der Waals surface area contributed by atoms with E-state index in [0.717, 1.165) is 5.56 Å². The van der Waals surface area contributed by atoms with E-state index in [1.807, 2.05) is 31.2 Å². The number of amides is 1. The molecule has 116 valence electrons. The number of carbonyl (C=O) groups excluding carboxylic acids is 1. The average molecular weight is 310 g/mol. The molecule has 0 radical (unpaired) electrons. The van der Waals surface area contributed by atoms with Crippen LogP contribution in [0.2, 0.25) is 0 Å². The lowest BCUT2D eigenvalue weighted by molar-refractivity contribution is 0.102. The van der Waals surface area contributed by atoms with Crippen LogP contribution in [-0.2, 0) is 0 Å². The molecule has 3 aromatic rings.